The number of pyridine rings is 1. The van der Waals surface area contributed by atoms with Gasteiger partial charge in [0.2, 0.25) is 5.89 Å². The molecule has 0 saturated heterocycles. The first-order valence-corrected chi connectivity index (χ1v) is 6.05. The number of nitrogens with zero attached hydrogens (tertiary/aromatic N) is 2. The monoisotopic (exact) mass is 238 g/mol. The summed E-state index contributed by atoms with van der Waals surface area (Å²) in [4.78, 5) is 8.52. The molecule has 3 aromatic rings. The van der Waals surface area contributed by atoms with E-state index in [0.29, 0.717) is 11.8 Å². The minimum Gasteiger partial charge on any atom is -0.436 e. The van der Waals surface area contributed by atoms with Crippen LogP contribution in [0.25, 0.3) is 22.6 Å². The summed E-state index contributed by atoms with van der Waals surface area (Å²) in [6, 6.07) is 9.97. The van der Waals surface area contributed by atoms with Crippen LogP contribution >= 0.6 is 0 Å². The third-order valence-corrected chi connectivity index (χ3v) is 3.01. The molecule has 2 aromatic heterocycles. The summed E-state index contributed by atoms with van der Waals surface area (Å²) in [7, 11) is 0. The molecule has 0 atom stereocenters. The average molecular weight is 238 g/mol. The Labute approximate surface area is 105 Å². The SMILES string of the molecule is CC(C)c1ccc2oc(-c3ccncc3)nc2c1. The molecule has 0 spiro atoms. The summed E-state index contributed by atoms with van der Waals surface area (Å²) in [5.41, 5.74) is 3.96. The van der Waals surface area contributed by atoms with Gasteiger partial charge < -0.3 is 4.42 Å². The Hall–Kier alpha value is -2.16. The normalized spacial score (nSPS) is 11.3. The Balaban J connectivity index is 2.11. The fraction of sp³-hybridized carbons (Fsp3) is 0.200. The third kappa shape index (κ3) is 1.88. The predicted molar refractivity (Wildman–Crippen MR) is 71.3 cm³/mol. The molecular formula is C15H14N2O. The quantitative estimate of drug-likeness (QED) is 0.677. The van der Waals surface area contributed by atoms with Crippen molar-refractivity contribution in [2.24, 2.45) is 0 Å². The van der Waals surface area contributed by atoms with Crippen molar-refractivity contribution in [3.8, 4) is 11.5 Å². The second-order valence-corrected chi connectivity index (χ2v) is 4.64. The minimum absolute atomic E-state index is 0.496. The van der Waals surface area contributed by atoms with E-state index in [2.05, 4.69) is 35.9 Å². The topological polar surface area (TPSA) is 38.9 Å². The molecule has 0 unspecified atom stereocenters. The Bertz CT molecular complexity index is 671. The first-order chi connectivity index (χ1) is 8.74. The van der Waals surface area contributed by atoms with Gasteiger partial charge in [0, 0.05) is 18.0 Å². The summed E-state index contributed by atoms with van der Waals surface area (Å²) >= 11 is 0. The first-order valence-electron chi connectivity index (χ1n) is 6.05. The van der Waals surface area contributed by atoms with Crippen molar-refractivity contribution in [1.29, 1.82) is 0 Å². The zero-order chi connectivity index (χ0) is 12.5. The van der Waals surface area contributed by atoms with E-state index < -0.39 is 0 Å². The van der Waals surface area contributed by atoms with Crippen molar-refractivity contribution in [2.75, 3.05) is 0 Å². The molecule has 0 aliphatic carbocycles. The molecule has 3 nitrogen and oxygen atoms in total. The van der Waals surface area contributed by atoms with Gasteiger partial charge in [0.15, 0.2) is 5.58 Å². The van der Waals surface area contributed by atoms with Crippen LogP contribution in [0.15, 0.2) is 47.1 Å². The van der Waals surface area contributed by atoms with Gasteiger partial charge >= 0.3 is 0 Å². The van der Waals surface area contributed by atoms with E-state index in [1.807, 2.05) is 18.2 Å². The van der Waals surface area contributed by atoms with Gasteiger partial charge in [0.1, 0.15) is 5.52 Å². The highest BCUT2D eigenvalue weighted by molar-refractivity contribution is 5.77. The zero-order valence-corrected chi connectivity index (χ0v) is 10.4. The molecule has 1 aromatic carbocycles. The van der Waals surface area contributed by atoms with Crippen molar-refractivity contribution < 1.29 is 4.42 Å². The highest BCUT2D eigenvalue weighted by Gasteiger charge is 2.09. The largest absolute Gasteiger partial charge is 0.436 e. The fourth-order valence-electron chi connectivity index (χ4n) is 1.92. The number of fused-ring (bicyclic) bond motifs is 1. The van der Waals surface area contributed by atoms with Crippen LogP contribution in [0.3, 0.4) is 0 Å². The lowest BCUT2D eigenvalue weighted by Crippen LogP contribution is -1.85. The molecule has 0 radical (unpaired) electrons. The molecule has 0 N–H and O–H groups in total. The maximum absolute atomic E-state index is 5.75. The Kier molecular flexibility index (Phi) is 2.59. The highest BCUT2D eigenvalue weighted by atomic mass is 16.3. The van der Waals surface area contributed by atoms with E-state index in [9.17, 15) is 0 Å². The second-order valence-electron chi connectivity index (χ2n) is 4.64. The number of hydrogen-bond acceptors (Lipinski definition) is 3. The van der Waals surface area contributed by atoms with Crippen LogP contribution in [-0.2, 0) is 0 Å². The lowest BCUT2D eigenvalue weighted by atomic mass is 10.0. The summed E-state index contributed by atoms with van der Waals surface area (Å²) in [5, 5.41) is 0. The maximum atomic E-state index is 5.75. The molecule has 0 aliphatic heterocycles. The molecule has 0 amide bonds. The lowest BCUT2D eigenvalue weighted by molar-refractivity contribution is 0.619. The standard InChI is InChI=1S/C15H14N2O/c1-10(2)12-3-4-14-13(9-12)17-15(18-14)11-5-7-16-8-6-11/h3-10H,1-2H3. The van der Waals surface area contributed by atoms with Gasteiger partial charge in [-0.3, -0.25) is 4.98 Å². The van der Waals surface area contributed by atoms with E-state index in [1.165, 1.54) is 5.56 Å². The summed E-state index contributed by atoms with van der Waals surface area (Å²) < 4.78 is 5.75. The van der Waals surface area contributed by atoms with E-state index in [0.717, 1.165) is 16.7 Å². The average Bonchev–Trinajstić information content (AvgIpc) is 2.82. The molecule has 18 heavy (non-hydrogen) atoms. The van der Waals surface area contributed by atoms with Crippen molar-refractivity contribution in [1.82, 2.24) is 9.97 Å². The number of rotatable bonds is 2. The van der Waals surface area contributed by atoms with Crippen molar-refractivity contribution in [2.45, 2.75) is 19.8 Å². The maximum Gasteiger partial charge on any atom is 0.227 e. The van der Waals surface area contributed by atoms with Crippen molar-refractivity contribution in [3.63, 3.8) is 0 Å². The summed E-state index contributed by atoms with van der Waals surface area (Å²) in [6.45, 7) is 4.34. The van der Waals surface area contributed by atoms with Crippen molar-refractivity contribution >= 4 is 11.1 Å². The van der Waals surface area contributed by atoms with E-state index in [-0.39, 0.29) is 0 Å². The van der Waals surface area contributed by atoms with Gasteiger partial charge in [0.05, 0.1) is 0 Å². The molecule has 90 valence electrons. The van der Waals surface area contributed by atoms with Crippen LogP contribution in [-0.4, -0.2) is 9.97 Å². The van der Waals surface area contributed by atoms with E-state index in [4.69, 9.17) is 4.42 Å². The molecular weight excluding hydrogens is 224 g/mol. The van der Waals surface area contributed by atoms with E-state index >= 15 is 0 Å². The molecule has 0 bridgehead atoms. The minimum atomic E-state index is 0.496. The van der Waals surface area contributed by atoms with Crippen LogP contribution in [0.2, 0.25) is 0 Å². The molecule has 0 fully saturated rings. The van der Waals surface area contributed by atoms with Gasteiger partial charge in [-0.1, -0.05) is 19.9 Å². The fourth-order valence-corrected chi connectivity index (χ4v) is 1.92. The second kappa shape index (κ2) is 4.26. The van der Waals surface area contributed by atoms with Gasteiger partial charge in [-0.15, -0.1) is 0 Å². The summed E-state index contributed by atoms with van der Waals surface area (Å²) in [5.74, 6) is 1.14. The lowest BCUT2D eigenvalue weighted by Gasteiger charge is -2.02. The Morgan fingerprint density at radius 1 is 1.06 bits per heavy atom. The third-order valence-electron chi connectivity index (χ3n) is 3.01. The Morgan fingerprint density at radius 3 is 2.56 bits per heavy atom. The van der Waals surface area contributed by atoms with Gasteiger partial charge in [0.25, 0.3) is 0 Å². The van der Waals surface area contributed by atoms with Gasteiger partial charge in [-0.05, 0) is 35.7 Å². The first kappa shape index (κ1) is 11.0. The smallest absolute Gasteiger partial charge is 0.227 e. The van der Waals surface area contributed by atoms with E-state index in [1.54, 1.807) is 12.4 Å². The van der Waals surface area contributed by atoms with Crippen LogP contribution in [0, 0.1) is 0 Å². The van der Waals surface area contributed by atoms with Crippen LogP contribution < -0.4 is 0 Å². The van der Waals surface area contributed by atoms with Crippen LogP contribution in [0.4, 0.5) is 0 Å². The summed E-state index contributed by atoms with van der Waals surface area (Å²) in [6.07, 6.45) is 3.48. The Morgan fingerprint density at radius 2 is 1.83 bits per heavy atom. The zero-order valence-electron chi connectivity index (χ0n) is 10.4. The number of aromatic nitrogens is 2. The van der Waals surface area contributed by atoms with Crippen molar-refractivity contribution in [3.05, 3.63) is 48.3 Å². The van der Waals surface area contributed by atoms with Crippen LogP contribution in [0.1, 0.15) is 25.3 Å². The van der Waals surface area contributed by atoms with Crippen LogP contribution in [0.5, 0.6) is 0 Å². The molecule has 0 aliphatic rings. The molecule has 0 saturated carbocycles. The molecule has 3 rings (SSSR count). The number of oxazole rings is 1. The van der Waals surface area contributed by atoms with Gasteiger partial charge in [-0.25, -0.2) is 4.98 Å². The molecule has 2 heterocycles. The number of hydrogen-bond donors (Lipinski definition) is 0. The predicted octanol–water partition coefficient (Wildman–Crippen LogP) is 4.01. The molecule has 3 heteroatoms. The highest BCUT2D eigenvalue weighted by Crippen LogP contribution is 2.26. The van der Waals surface area contributed by atoms with Gasteiger partial charge in [-0.2, -0.15) is 0 Å². The number of benzene rings is 1.